The van der Waals surface area contributed by atoms with Crippen LogP contribution in [0.2, 0.25) is 0 Å². The Balaban J connectivity index is 1.56. The largest absolute Gasteiger partial charge is 0.387 e. The first-order valence-electron chi connectivity index (χ1n) is 20.9. The molecule has 0 aliphatic rings. The Morgan fingerprint density at radius 2 is 1.43 bits per heavy atom. The topological polar surface area (TPSA) is 247 Å². The number of aliphatic hydroxyl groups excluding tert-OH is 1. The third kappa shape index (κ3) is 14.5. The molecule has 0 radical (unpaired) electrons. The Morgan fingerprint density at radius 1 is 0.800 bits per heavy atom. The summed E-state index contributed by atoms with van der Waals surface area (Å²) in [7, 11) is 1.31. The van der Waals surface area contributed by atoms with E-state index in [9.17, 15) is 43.1 Å². The van der Waals surface area contributed by atoms with E-state index < -0.39 is 102 Å². The van der Waals surface area contributed by atoms with E-state index in [1.165, 1.54) is 38.2 Å². The second-order valence-corrected chi connectivity index (χ2v) is 16.7. The van der Waals surface area contributed by atoms with Crippen LogP contribution in [0.25, 0.3) is 11.1 Å². The van der Waals surface area contributed by atoms with Crippen LogP contribution in [0.4, 0.5) is 8.78 Å². The maximum atomic E-state index is 15.2. The number of rotatable bonds is 21. The number of aromatic nitrogens is 2. The molecule has 2 aromatic heterocycles. The number of hydrogen-bond donors (Lipinski definition) is 7. The second kappa shape index (κ2) is 23.1. The van der Waals surface area contributed by atoms with Crippen LogP contribution in [-0.4, -0.2) is 105 Å². The zero-order chi connectivity index (χ0) is 48.0. The summed E-state index contributed by atoms with van der Waals surface area (Å²) in [5, 5.41) is 22.7. The molecule has 0 saturated heterocycles. The summed E-state index contributed by atoms with van der Waals surface area (Å²) in [6.07, 6.45) is 3.73. The van der Waals surface area contributed by atoms with E-state index in [1.807, 2.05) is 55.7 Å². The first-order chi connectivity index (χ1) is 30.7. The van der Waals surface area contributed by atoms with Crippen LogP contribution in [0, 0.1) is 17.0 Å². The maximum absolute atomic E-state index is 15.2. The van der Waals surface area contributed by atoms with Gasteiger partial charge in [-0.3, -0.25) is 38.5 Å². The van der Waals surface area contributed by atoms with Gasteiger partial charge >= 0.3 is 0 Å². The zero-order valence-corrected chi connectivity index (χ0v) is 37.2. The molecule has 4 aromatic rings. The van der Waals surface area contributed by atoms with Gasteiger partial charge in [0.15, 0.2) is 0 Å². The summed E-state index contributed by atoms with van der Waals surface area (Å²) in [5.74, 6) is -6.82. The fraction of sp³-hybridized carbons (Fsp3) is 0.391. The lowest BCUT2D eigenvalue weighted by Crippen LogP contribution is -2.58. The van der Waals surface area contributed by atoms with Crippen molar-refractivity contribution < 1.29 is 47.4 Å². The van der Waals surface area contributed by atoms with Crippen LogP contribution in [0.5, 0.6) is 0 Å². The van der Waals surface area contributed by atoms with E-state index >= 15 is 4.39 Å². The summed E-state index contributed by atoms with van der Waals surface area (Å²) in [5.41, 5.74) is 6.97. The van der Waals surface area contributed by atoms with Gasteiger partial charge < -0.3 is 46.9 Å². The molecule has 8 N–H and O–H groups in total. The van der Waals surface area contributed by atoms with Crippen molar-refractivity contribution in [3.05, 3.63) is 114 Å². The van der Waals surface area contributed by atoms with E-state index in [0.717, 1.165) is 23.8 Å². The highest BCUT2D eigenvalue weighted by molar-refractivity contribution is 5.97. The molecule has 348 valence electrons. The minimum atomic E-state index is -1.62. The SMILES string of the molecule is CNC(=O)C(CCN(C(=O)CO)C(c1cc(-c2cc(F)ccc2F)cn1Cc1ccccc1)C(C)(C)C)NC(=O)C(CC(N)=O)NC(=O)C(C)NC(=O)C(C)NC(=O)Cc1ccncc1. The molecule has 5 atom stereocenters. The number of halogens is 2. The first-order valence-corrected chi connectivity index (χ1v) is 20.9. The number of carbonyl (C=O) groups excluding carboxylic acids is 7. The van der Waals surface area contributed by atoms with E-state index in [-0.39, 0.29) is 31.5 Å². The van der Waals surface area contributed by atoms with Crippen LogP contribution >= 0.6 is 0 Å². The van der Waals surface area contributed by atoms with Crippen molar-refractivity contribution in [3.63, 3.8) is 0 Å². The number of nitrogens with one attached hydrogen (secondary N) is 5. The monoisotopic (exact) mass is 901 g/mol. The van der Waals surface area contributed by atoms with Gasteiger partial charge in [0.25, 0.3) is 0 Å². The van der Waals surface area contributed by atoms with Crippen molar-refractivity contribution in [2.24, 2.45) is 11.1 Å². The van der Waals surface area contributed by atoms with Crippen LogP contribution in [-0.2, 0) is 46.5 Å². The van der Waals surface area contributed by atoms with Crippen molar-refractivity contribution in [1.82, 2.24) is 41.0 Å². The van der Waals surface area contributed by atoms with E-state index in [4.69, 9.17) is 5.73 Å². The highest BCUT2D eigenvalue weighted by atomic mass is 19.1. The Labute approximate surface area is 375 Å². The summed E-state index contributed by atoms with van der Waals surface area (Å²) >= 11 is 0. The highest BCUT2D eigenvalue weighted by Crippen LogP contribution is 2.41. The standard InChI is InChI=1S/C46H57F2N9O8/c1-27(52-39(60)20-29-14-17-51-18-15-29)42(62)53-28(2)43(63)55-36(23-38(49)59)45(65)54-35(44(64)50-6)16-19-57(40(61)26-58)41(46(3,4)5)37-21-31(33-22-32(47)12-13-34(33)48)25-56(37)24-30-10-8-7-9-11-30/h7-15,17-18,21-22,25,27-28,35-36,41,58H,16,19-20,23-24,26H2,1-6H3,(H2,49,59)(H,50,64)(H,52,60)(H,53,62)(H,54,65)(H,55,63). The summed E-state index contributed by atoms with van der Waals surface area (Å²) < 4.78 is 31.5. The third-order valence-corrected chi connectivity index (χ3v) is 10.4. The number of benzene rings is 2. The molecule has 0 fully saturated rings. The van der Waals surface area contributed by atoms with Gasteiger partial charge in [-0.15, -0.1) is 0 Å². The van der Waals surface area contributed by atoms with Crippen molar-refractivity contribution in [2.45, 2.75) is 90.6 Å². The molecule has 0 spiro atoms. The van der Waals surface area contributed by atoms with Gasteiger partial charge in [-0.05, 0) is 73.2 Å². The lowest BCUT2D eigenvalue weighted by Gasteiger charge is -2.41. The smallest absolute Gasteiger partial charge is 0.248 e. The molecule has 5 unspecified atom stereocenters. The number of amides is 7. The molecule has 0 saturated carbocycles. The fourth-order valence-corrected chi connectivity index (χ4v) is 7.24. The molecule has 2 heterocycles. The second-order valence-electron chi connectivity index (χ2n) is 16.7. The Kier molecular flexibility index (Phi) is 18.0. The predicted molar refractivity (Wildman–Crippen MR) is 236 cm³/mol. The number of aliphatic hydroxyl groups is 1. The van der Waals surface area contributed by atoms with Gasteiger partial charge in [-0.25, -0.2) is 8.78 Å². The number of primary amides is 1. The summed E-state index contributed by atoms with van der Waals surface area (Å²) in [6.45, 7) is 7.34. The quantitative estimate of drug-likeness (QED) is 0.0646. The number of nitrogens with two attached hydrogens (primary N) is 1. The first kappa shape index (κ1) is 50.6. The Bertz CT molecular complexity index is 2320. The Hall–Kier alpha value is -7.02. The number of carbonyl (C=O) groups is 7. The normalized spacial score (nSPS) is 13.6. The van der Waals surface area contributed by atoms with Gasteiger partial charge in [0.05, 0.1) is 18.9 Å². The van der Waals surface area contributed by atoms with Gasteiger partial charge in [0, 0.05) is 55.5 Å². The molecule has 65 heavy (non-hydrogen) atoms. The summed E-state index contributed by atoms with van der Waals surface area (Å²) in [6, 6.07) is 11.1. The van der Waals surface area contributed by atoms with E-state index in [1.54, 1.807) is 24.4 Å². The zero-order valence-electron chi connectivity index (χ0n) is 37.2. The van der Waals surface area contributed by atoms with Gasteiger partial charge in [-0.1, -0.05) is 51.1 Å². The average Bonchev–Trinajstić information content (AvgIpc) is 3.66. The molecule has 17 nitrogen and oxygen atoms in total. The highest BCUT2D eigenvalue weighted by Gasteiger charge is 2.38. The number of pyridine rings is 1. The van der Waals surface area contributed by atoms with E-state index in [0.29, 0.717) is 16.8 Å². The maximum Gasteiger partial charge on any atom is 0.248 e. The fourth-order valence-electron chi connectivity index (χ4n) is 7.24. The van der Waals surface area contributed by atoms with Crippen molar-refractivity contribution >= 4 is 41.4 Å². The van der Waals surface area contributed by atoms with Crippen LogP contribution in [0.15, 0.2) is 85.3 Å². The molecule has 2 aromatic carbocycles. The van der Waals surface area contributed by atoms with Crippen LogP contribution in [0.1, 0.15) is 70.3 Å². The number of nitrogens with zero attached hydrogens (tertiary/aromatic N) is 3. The molecule has 0 aliphatic heterocycles. The molecular formula is C46H57F2N9O8. The minimum absolute atomic E-state index is 0.0154. The predicted octanol–water partition coefficient (Wildman–Crippen LogP) is 2.02. The summed E-state index contributed by atoms with van der Waals surface area (Å²) in [4.78, 5) is 97.0. The molecular weight excluding hydrogens is 845 g/mol. The van der Waals surface area contributed by atoms with E-state index in [2.05, 4.69) is 31.6 Å². The van der Waals surface area contributed by atoms with Gasteiger partial charge in [0.1, 0.15) is 42.4 Å². The molecule has 4 rings (SSSR count). The molecule has 19 heteroatoms. The van der Waals surface area contributed by atoms with Crippen molar-refractivity contribution in [2.75, 3.05) is 20.2 Å². The molecule has 7 amide bonds. The third-order valence-electron chi connectivity index (χ3n) is 10.4. The van der Waals surface area contributed by atoms with Crippen LogP contribution < -0.4 is 32.3 Å². The lowest BCUT2D eigenvalue weighted by atomic mass is 9.82. The number of likely N-dealkylation sites (N-methyl/N-ethyl adjacent to an activating group) is 1. The van der Waals surface area contributed by atoms with Crippen molar-refractivity contribution in [1.29, 1.82) is 0 Å². The number of hydrogen-bond acceptors (Lipinski definition) is 9. The van der Waals surface area contributed by atoms with Crippen molar-refractivity contribution in [3.8, 4) is 11.1 Å². The Morgan fingerprint density at radius 3 is 2.05 bits per heavy atom. The molecule has 0 aliphatic carbocycles. The average molecular weight is 902 g/mol. The van der Waals surface area contributed by atoms with Gasteiger partial charge in [0.2, 0.25) is 41.4 Å². The minimum Gasteiger partial charge on any atom is -0.387 e. The van der Waals surface area contributed by atoms with Crippen LogP contribution in [0.3, 0.4) is 0 Å². The van der Waals surface area contributed by atoms with Gasteiger partial charge in [-0.2, -0.15) is 0 Å². The molecule has 0 bridgehead atoms. The lowest BCUT2D eigenvalue weighted by molar-refractivity contribution is -0.140.